The average molecular weight is 179 g/mol. The molecule has 0 aliphatic carbocycles. The van der Waals surface area contributed by atoms with E-state index in [0.717, 1.165) is 0 Å². The third kappa shape index (κ3) is 113. The van der Waals surface area contributed by atoms with Gasteiger partial charge in [-0.2, -0.15) is 0 Å². The van der Waals surface area contributed by atoms with Crippen LogP contribution in [0.1, 0.15) is 41.5 Å². The van der Waals surface area contributed by atoms with Crippen molar-refractivity contribution in [2.75, 3.05) is 13.2 Å². The molecule has 0 fully saturated rings. The van der Waals surface area contributed by atoms with E-state index in [1.165, 1.54) is 0 Å². The van der Waals surface area contributed by atoms with Gasteiger partial charge in [0.05, 0.1) is 6.61 Å². The maximum Gasteiger partial charge on any atom is 0.207 e. The zero-order valence-electron chi connectivity index (χ0n) is 9.35. The normalized spacial score (nSPS) is 5.25. The zero-order valence-corrected chi connectivity index (χ0v) is 9.35. The van der Waals surface area contributed by atoms with E-state index < -0.39 is 0 Å². The number of carbonyl (C=O) groups is 1. The Bertz CT molecular complexity index is 41.5. The van der Waals surface area contributed by atoms with Crippen LogP contribution in [-0.4, -0.2) is 24.7 Å². The predicted molar refractivity (Wildman–Crippen MR) is 55.2 cm³/mol. The largest absolute Gasteiger partial charge is 0.395 e. The summed E-state index contributed by atoms with van der Waals surface area (Å²) in [7, 11) is 0. The molecule has 0 aromatic carbocycles. The Labute approximate surface area is 77.2 Å². The van der Waals surface area contributed by atoms with Crippen LogP contribution in [0.15, 0.2) is 0 Å². The summed E-state index contributed by atoms with van der Waals surface area (Å²) in [6, 6.07) is 0. The number of aliphatic hydroxyl groups is 1. The van der Waals surface area contributed by atoms with E-state index >= 15 is 0 Å². The summed E-state index contributed by atoms with van der Waals surface area (Å²) >= 11 is 0. The molecule has 0 unspecified atom stereocenters. The number of nitrogens with one attached hydrogen (secondary N) is 1. The fraction of sp³-hybridized carbons (Fsp3) is 0.889. The molecule has 0 heterocycles. The maximum atomic E-state index is 9.34. The molecule has 0 saturated heterocycles. The molecule has 0 spiro atoms. The van der Waals surface area contributed by atoms with Crippen molar-refractivity contribution in [2.45, 2.75) is 41.5 Å². The van der Waals surface area contributed by atoms with E-state index in [1.807, 2.05) is 41.5 Å². The van der Waals surface area contributed by atoms with Crippen LogP contribution in [0.4, 0.5) is 0 Å². The van der Waals surface area contributed by atoms with Gasteiger partial charge in [0.1, 0.15) is 0 Å². The first kappa shape index (κ1) is 22.5. The Morgan fingerprint density at radius 3 is 1.50 bits per heavy atom. The molecule has 0 aromatic rings. The zero-order chi connectivity index (χ0) is 10.8. The summed E-state index contributed by atoms with van der Waals surface area (Å²) in [6.45, 7) is 12.4. The van der Waals surface area contributed by atoms with Crippen LogP contribution in [0.25, 0.3) is 0 Å². The minimum Gasteiger partial charge on any atom is -0.395 e. The van der Waals surface area contributed by atoms with Crippen LogP contribution in [0.2, 0.25) is 0 Å². The Morgan fingerprint density at radius 2 is 1.42 bits per heavy atom. The van der Waals surface area contributed by atoms with Crippen LogP contribution >= 0.6 is 0 Å². The van der Waals surface area contributed by atoms with Crippen molar-refractivity contribution in [3.8, 4) is 0 Å². The first-order chi connectivity index (χ1) is 5.91. The van der Waals surface area contributed by atoms with Gasteiger partial charge in [0.2, 0.25) is 6.41 Å². The molecule has 0 rings (SSSR count). The first-order valence-corrected chi connectivity index (χ1v) is 4.69. The lowest BCUT2D eigenvalue weighted by Gasteiger charge is -1.85. The van der Waals surface area contributed by atoms with Gasteiger partial charge >= 0.3 is 0 Å². The van der Waals surface area contributed by atoms with Crippen molar-refractivity contribution in [3.63, 3.8) is 0 Å². The fourth-order valence-corrected chi connectivity index (χ4v) is 0.123. The minimum absolute atomic E-state index is 0.0126. The summed E-state index contributed by atoms with van der Waals surface area (Å²) in [5.41, 5.74) is 0. The maximum absolute atomic E-state index is 9.34. The fourth-order valence-electron chi connectivity index (χ4n) is 0.123. The van der Waals surface area contributed by atoms with E-state index in [-0.39, 0.29) is 6.61 Å². The van der Waals surface area contributed by atoms with Gasteiger partial charge in [-0.25, -0.2) is 0 Å². The number of carbonyl (C=O) groups excluding carboxylic acids is 1. The van der Waals surface area contributed by atoms with Gasteiger partial charge in [0, 0.05) is 6.54 Å². The van der Waals surface area contributed by atoms with Gasteiger partial charge in [0.25, 0.3) is 0 Å². The smallest absolute Gasteiger partial charge is 0.207 e. The van der Waals surface area contributed by atoms with Crippen molar-refractivity contribution in [2.24, 2.45) is 0 Å². The second-order valence-electron chi connectivity index (χ2n) is 0.796. The lowest BCUT2D eigenvalue weighted by molar-refractivity contribution is -0.109. The molecule has 0 atom stereocenters. The Kier molecular flexibility index (Phi) is 148. The molecule has 3 heteroatoms. The highest BCUT2D eigenvalue weighted by Gasteiger charge is 1.70. The van der Waals surface area contributed by atoms with Crippen LogP contribution in [0.3, 0.4) is 0 Å². The molecular weight excluding hydrogens is 154 g/mol. The number of hydrogen-bond acceptors (Lipinski definition) is 2. The van der Waals surface area contributed by atoms with Crippen molar-refractivity contribution in [1.29, 1.82) is 0 Å². The molecule has 0 aromatic heterocycles. The van der Waals surface area contributed by atoms with Crippen molar-refractivity contribution in [1.82, 2.24) is 5.32 Å². The minimum atomic E-state index is 0.0126. The third-order valence-electron chi connectivity index (χ3n) is 0.339. The van der Waals surface area contributed by atoms with Crippen molar-refractivity contribution < 1.29 is 9.90 Å². The van der Waals surface area contributed by atoms with Crippen LogP contribution in [0.5, 0.6) is 0 Å². The number of rotatable bonds is 3. The third-order valence-corrected chi connectivity index (χ3v) is 0.339. The van der Waals surface area contributed by atoms with Gasteiger partial charge < -0.3 is 10.4 Å². The summed E-state index contributed by atoms with van der Waals surface area (Å²) in [5, 5.41) is 10.2. The van der Waals surface area contributed by atoms with Gasteiger partial charge in [-0.3, -0.25) is 4.79 Å². The molecule has 1 amide bonds. The Hall–Kier alpha value is -0.570. The lowest BCUT2D eigenvalue weighted by Crippen LogP contribution is -2.14. The Balaban J connectivity index is -0.0000000453. The van der Waals surface area contributed by atoms with E-state index in [1.54, 1.807) is 0 Å². The summed E-state index contributed by atoms with van der Waals surface area (Å²) in [5.74, 6) is 0. The van der Waals surface area contributed by atoms with E-state index in [2.05, 4.69) is 5.32 Å². The quantitative estimate of drug-likeness (QED) is 0.512. The van der Waals surface area contributed by atoms with Gasteiger partial charge in [0.15, 0.2) is 0 Å². The monoisotopic (exact) mass is 179 g/mol. The lowest BCUT2D eigenvalue weighted by atomic mass is 10.7. The molecule has 78 valence electrons. The summed E-state index contributed by atoms with van der Waals surface area (Å²) in [6.07, 6.45) is 0.552. The molecule has 0 saturated carbocycles. The van der Waals surface area contributed by atoms with Crippen LogP contribution in [0, 0.1) is 0 Å². The van der Waals surface area contributed by atoms with Gasteiger partial charge in [-0.15, -0.1) is 0 Å². The highest BCUT2D eigenvalue weighted by molar-refractivity contribution is 5.45. The number of amides is 1. The molecule has 0 radical (unpaired) electrons. The van der Waals surface area contributed by atoms with Gasteiger partial charge in [-0.05, 0) is 0 Å². The average Bonchev–Trinajstić information content (AvgIpc) is 2.24. The van der Waals surface area contributed by atoms with Crippen molar-refractivity contribution in [3.05, 3.63) is 0 Å². The molecule has 12 heavy (non-hydrogen) atoms. The second kappa shape index (κ2) is 78.8. The van der Waals surface area contributed by atoms with Crippen molar-refractivity contribution >= 4 is 6.41 Å². The van der Waals surface area contributed by atoms with Crippen LogP contribution < -0.4 is 5.32 Å². The Morgan fingerprint density at radius 1 is 1.08 bits per heavy atom. The first-order valence-electron chi connectivity index (χ1n) is 4.69. The predicted octanol–water partition coefficient (Wildman–Crippen LogP) is 1.80. The van der Waals surface area contributed by atoms with E-state index in [9.17, 15) is 4.79 Å². The molecule has 0 aliphatic heterocycles. The topological polar surface area (TPSA) is 49.3 Å². The number of aliphatic hydroxyl groups excluding tert-OH is 1. The van der Waals surface area contributed by atoms with Crippen LogP contribution in [-0.2, 0) is 4.79 Å². The molecule has 2 N–H and O–H groups in total. The highest BCUT2D eigenvalue weighted by Crippen LogP contribution is 1.44. The van der Waals surface area contributed by atoms with E-state index in [0.29, 0.717) is 13.0 Å². The van der Waals surface area contributed by atoms with Gasteiger partial charge in [-0.1, -0.05) is 41.5 Å². The highest BCUT2D eigenvalue weighted by atomic mass is 16.3. The SMILES string of the molecule is CC.CC.CC.O=CNCCO. The standard InChI is InChI=1S/C3H7NO2.3C2H6/c5-2-1-4-3-6;3*1-2/h3,5H,1-2H2,(H,4,6);3*1-2H3. The second-order valence-corrected chi connectivity index (χ2v) is 0.796. The molecule has 3 nitrogen and oxygen atoms in total. The molecular formula is C9H25NO2. The summed E-state index contributed by atoms with van der Waals surface area (Å²) in [4.78, 5) is 9.34. The number of hydrogen-bond donors (Lipinski definition) is 2. The van der Waals surface area contributed by atoms with E-state index in [4.69, 9.17) is 5.11 Å². The summed E-state index contributed by atoms with van der Waals surface area (Å²) < 4.78 is 0. The molecule has 0 aliphatic rings. The molecule has 0 bridgehead atoms.